The molecule has 2 aromatic rings. The molecule has 4 rings (SSSR count). The van der Waals surface area contributed by atoms with E-state index < -0.39 is 17.8 Å². The number of allylic oxidation sites excluding steroid dienone is 1. The lowest BCUT2D eigenvalue weighted by Gasteiger charge is -2.41. The number of hydrogen-bond acceptors (Lipinski definition) is 7. The van der Waals surface area contributed by atoms with Gasteiger partial charge in [-0.15, -0.1) is 0 Å². The van der Waals surface area contributed by atoms with Gasteiger partial charge in [-0.1, -0.05) is 38.1 Å². The summed E-state index contributed by atoms with van der Waals surface area (Å²) in [4.78, 5) is 31.6. The summed E-state index contributed by atoms with van der Waals surface area (Å²) < 4.78 is 16.8. The summed E-state index contributed by atoms with van der Waals surface area (Å²) in [6.45, 7) is 8.35. The number of ether oxygens (including phenoxy) is 3. The molecular weight excluding hydrogens is 458 g/mol. The fraction of sp³-hybridized carbons (Fsp3) is 0.414. The lowest BCUT2D eigenvalue weighted by Crippen LogP contribution is -2.44. The normalized spacial score (nSPS) is 20.9. The van der Waals surface area contributed by atoms with Crippen molar-refractivity contribution in [3.63, 3.8) is 0 Å². The van der Waals surface area contributed by atoms with Crippen LogP contribution >= 0.6 is 0 Å². The Morgan fingerprint density at radius 1 is 1.06 bits per heavy atom. The molecule has 0 aromatic heterocycles. The standard InChI is InChI=1S/C29H33NO6/c1-5-34-24-15-19(11-12-22(24)31)26-25(28(33)36-14-13-35-20-9-7-6-8-10-20)18(2)30-21-16-29(3,4)17-23(32)27(21)26/h6-12,15,26-27,31H,5,13-14,16-17H2,1-4H3/t26-,27?/m0/s1. The number of fused-ring (bicyclic) bond motifs is 1. The Hall–Kier alpha value is -3.61. The largest absolute Gasteiger partial charge is 0.504 e. The van der Waals surface area contributed by atoms with Crippen LogP contribution in [0, 0.1) is 11.3 Å². The number of aromatic hydroxyl groups is 1. The van der Waals surface area contributed by atoms with Crippen LogP contribution in [0.25, 0.3) is 0 Å². The highest BCUT2D eigenvalue weighted by Gasteiger charge is 2.47. The van der Waals surface area contributed by atoms with Crippen LogP contribution in [0.3, 0.4) is 0 Å². The van der Waals surface area contributed by atoms with Crippen molar-refractivity contribution in [3.05, 3.63) is 65.4 Å². The number of ketones is 1. The van der Waals surface area contributed by atoms with Crippen molar-refractivity contribution in [2.75, 3.05) is 19.8 Å². The molecule has 2 atom stereocenters. The molecule has 1 heterocycles. The maximum Gasteiger partial charge on any atom is 0.336 e. The molecular formula is C29H33NO6. The maximum atomic E-state index is 13.4. The molecule has 0 bridgehead atoms. The summed E-state index contributed by atoms with van der Waals surface area (Å²) in [5.74, 6) is -0.621. The van der Waals surface area contributed by atoms with E-state index >= 15 is 0 Å². The van der Waals surface area contributed by atoms with Gasteiger partial charge in [0, 0.05) is 23.7 Å². The topological polar surface area (TPSA) is 94.4 Å². The van der Waals surface area contributed by atoms with Gasteiger partial charge in [0.05, 0.1) is 18.1 Å². The Kier molecular flexibility index (Phi) is 7.48. The van der Waals surface area contributed by atoms with E-state index in [1.165, 1.54) is 6.07 Å². The summed E-state index contributed by atoms with van der Waals surface area (Å²) in [5, 5.41) is 10.2. The average Bonchev–Trinajstić information content (AvgIpc) is 2.82. The van der Waals surface area contributed by atoms with Gasteiger partial charge in [-0.2, -0.15) is 0 Å². The molecule has 0 radical (unpaired) electrons. The molecule has 36 heavy (non-hydrogen) atoms. The van der Waals surface area contributed by atoms with Gasteiger partial charge in [0.25, 0.3) is 0 Å². The van der Waals surface area contributed by atoms with E-state index in [2.05, 4.69) is 13.8 Å². The summed E-state index contributed by atoms with van der Waals surface area (Å²) in [6, 6.07) is 14.3. The minimum atomic E-state index is -0.580. The van der Waals surface area contributed by atoms with Crippen LogP contribution in [-0.4, -0.2) is 42.4 Å². The highest BCUT2D eigenvalue weighted by Crippen LogP contribution is 2.48. The first kappa shape index (κ1) is 25.5. The minimum absolute atomic E-state index is 0.00397. The fourth-order valence-electron chi connectivity index (χ4n) is 5.10. The van der Waals surface area contributed by atoms with Gasteiger partial charge < -0.3 is 19.3 Å². The molecule has 0 amide bonds. The Labute approximate surface area is 211 Å². The first-order chi connectivity index (χ1) is 17.2. The summed E-state index contributed by atoms with van der Waals surface area (Å²) in [6.07, 6.45) is 1.07. The first-order valence-corrected chi connectivity index (χ1v) is 12.3. The molecule has 1 N–H and O–H groups in total. The third-order valence-corrected chi connectivity index (χ3v) is 6.55. The van der Waals surface area contributed by atoms with E-state index in [9.17, 15) is 14.7 Å². The Balaban J connectivity index is 1.65. The van der Waals surface area contributed by atoms with Gasteiger partial charge >= 0.3 is 5.97 Å². The van der Waals surface area contributed by atoms with E-state index in [1.807, 2.05) is 37.3 Å². The zero-order chi connectivity index (χ0) is 25.9. The lowest BCUT2D eigenvalue weighted by molar-refractivity contribution is -0.140. The SMILES string of the molecule is CCOc1cc([C@H]2C(C(=O)OCCOc3ccccc3)=C(C)N=C3CC(C)(C)CC(=O)C32)ccc1O. The van der Waals surface area contributed by atoms with Crippen LogP contribution in [0.4, 0.5) is 0 Å². The predicted molar refractivity (Wildman–Crippen MR) is 137 cm³/mol. The molecule has 1 aliphatic heterocycles. The number of Topliss-reactive ketones (excluding diaryl/α,β-unsaturated/α-hetero) is 1. The number of nitrogens with zero attached hydrogens (tertiary/aromatic N) is 1. The third-order valence-electron chi connectivity index (χ3n) is 6.55. The summed E-state index contributed by atoms with van der Waals surface area (Å²) in [7, 11) is 0. The molecule has 1 aliphatic carbocycles. The second kappa shape index (κ2) is 10.6. The number of phenols is 1. The molecule has 0 saturated heterocycles. The molecule has 1 fully saturated rings. The molecule has 0 spiro atoms. The van der Waals surface area contributed by atoms with Crippen molar-refractivity contribution < 1.29 is 28.9 Å². The number of para-hydroxylation sites is 1. The van der Waals surface area contributed by atoms with Gasteiger partial charge in [-0.05, 0) is 55.5 Å². The number of rotatable bonds is 8. The van der Waals surface area contributed by atoms with Gasteiger partial charge in [0.1, 0.15) is 24.7 Å². The van der Waals surface area contributed by atoms with E-state index in [1.54, 1.807) is 19.1 Å². The minimum Gasteiger partial charge on any atom is -0.504 e. The van der Waals surface area contributed by atoms with Crippen molar-refractivity contribution in [1.29, 1.82) is 0 Å². The van der Waals surface area contributed by atoms with Crippen LogP contribution in [0.1, 0.15) is 52.0 Å². The van der Waals surface area contributed by atoms with Crippen molar-refractivity contribution in [3.8, 4) is 17.2 Å². The van der Waals surface area contributed by atoms with Crippen LogP contribution in [0.2, 0.25) is 0 Å². The van der Waals surface area contributed by atoms with Crippen LogP contribution in [-0.2, 0) is 14.3 Å². The van der Waals surface area contributed by atoms with Crippen molar-refractivity contribution in [2.24, 2.45) is 16.3 Å². The number of benzene rings is 2. The quantitative estimate of drug-likeness (QED) is 0.401. The smallest absolute Gasteiger partial charge is 0.336 e. The first-order valence-electron chi connectivity index (χ1n) is 12.3. The average molecular weight is 492 g/mol. The molecule has 190 valence electrons. The third kappa shape index (κ3) is 5.45. The second-order valence-electron chi connectivity index (χ2n) is 10.00. The van der Waals surface area contributed by atoms with Gasteiger partial charge in [-0.3, -0.25) is 9.79 Å². The van der Waals surface area contributed by atoms with E-state index in [0.29, 0.717) is 47.8 Å². The Morgan fingerprint density at radius 2 is 1.81 bits per heavy atom. The molecule has 1 saturated carbocycles. The number of aliphatic imine (C=N–C) groups is 1. The van der Waals surface area contributed by atoms with E-state index in [4.69, 9.17) is 19.2 Å². The summed E-state index contributed by atoms with van der Waals surface area (Å²) in [5.41, 5.74) is 2.18. The number of carbonyl (C=O) groups excluding carboxylic acids is 2. The number of hydrogen-bond donors (Lipinski definition) is 1. The molecule has 2 aliphatic rings. The number of carbonyl (C=O) groups is 2. The predicted octanol–water partition coefficient (Wildman–Crippen LogP) is 5.23. The van der Waals surface area contributed by atoms with Gasteiger partial charge in [-0.25, -0.2) is 4.79 Å². The summed E-state index contributed by atoms with van der Waals surface area (Å²) >= 11 is 0. The van der Waals surface area contributed by atoms with E-state index in [-0.39, 0.29) is 30.2 Å². The van der Waals surface area contributed by atoms with Crippen molar-refractivity contribution >= 4 is 17.5 Å². The fourth-order valence-corrected chi connectivity index (χ4v) is 5.10. The van der Waals surface area contributed by atoms with Gasteiger partial charge in [0.15, 0.2) is 11.5 Å². The Bertz CT molecular complexity index is 1200. The monoisotopic (exact) mass is 491 g/mol. The molecule has 7 heteroatoms. The lowest BCUT2D eigenvalue weighted by atomic mass is 9.63. The second-order valence-corrected chi connectivity index (χ2v) is 10.00. The van der Waals surface area contributed by atoms with Gasteiger partial charge in [0.2, 0.25) is 0 Å². The van der Waals surface area contributed by atoms with Crippen LogP contribution < -0.4 is 9.47 Å². The maximum absolute atomic E-state index is 13.4. The van der Waals surface area contributed by atoms with E-state index in [0.717, 1.165) is 5.71 Å². The molecule has 7 nitrogen and oxygen atoms in total. The highest BCUT2D eigenvalue weighted by atomic mass is 16.6. The molecule has 2 aromatic carbocycles. The molecule has 1 unspecified atom stereocenters. The Morgan fingerprint density at radius 3 is 2.53 bits per heavy atom. The number of phenolic OH excluding ortho intramolecular Hbond substituents is 1. The zero-order valence-electron chi connectivity index (χ0n) is 21.2. The van der Waals surface area contributed by atoms with Crippen molar-refractivity contribution in [1.82, 2.24) is 0 Å². The van der Waals surface area contributed by atoms with Crippen LogP contribution in [0.15, 0.2) is 64.8 Å². The van der Waals surface area contributed by atoms with Crippen LogP contribution in [0.5, 0.6) is 17.2 Å². The number of esters is 1. The van der Waals surface area contributed by atoms with Crippen molar-refractivity contribution in [2.45, 2.75) is 46.5 Å². The highest BCUT2D eigenvalue weighted by molar-refractivity contribution is 6.12. The zero-order valence-corrected chi connectivity index (χ0v) is 21.2.